The van der Waals surface area contributed by atoms with E-state index in [1.165, 1.54) is 19.2 Å². The van der Waals surface area contributed by atoms with Gasteiger partial charge in [-0.05, 0) is 18.2 Å². The summed E-state index contributed by atoms with van der Waals surface area (Å²) in [6.45, 7) is 0. The van der Waals surface area contributed by atoms with Gasteiger partial charge in [-0.1, -0.05) is 11.6 Å². The van der Waals surface area contributed by atoms with Crippen molar-refractivity contribution in [2.75, 3.05) is 7.11 Å². The number of benzene rings is 2. The maximum absolute atomic E-state index is 12.7. The fourth-order valence-corrected chi connectivity index (χ4v) is 2.77. The van der Waals surface area contributed by atoms with Gasteiger partial charge in [-0.2, -0.15) is 0 Å². The molecule has 2 aromatic carbocycles. The van der Waals surface area contributed by atoms with Gasteiger partial charge < -0.3 is 9.72 Å². The van der Waals surface area contributed by atoms with Crippen molar-refractivity contribution < 1.29 is 14.6 Å². The summed E-state index contributed by atoms with van der Waals surface area (Å²) < 4.78 is 5.04. The Balaban J connectivity index is 2.60. The predicted molar refractivity (Wildman–Crippen MR) is 86.9 cm³/mol. The second kappa shape index (κ2) is 5.46. The minimum atomic E-state index is -0.871. The molecule has 1 aromatic heterocycles. The molecule has 0 saturated heterocycles. The fourth-order valence-electron chi connectivity index (χ4n) is 2.46. The molecule has 0 unspecified atom stereocenters. The van der Waals surface area contributed by atoms with Crippen molar-refractivity contribution in [3.63, 3.8) is 0 Å². The first-order chi connectivity index (χ1) is 11.3. The molecule has 0 atom stereocenters. The number of methoxy groups -OCH3 is 1. The largest absolute Gasteiger partial charge is 0.497 e. The van der Waals surface area contributed by atoms with Crippen LogP contribution >= 0.6 is 11.6 Å². The zero-order valence-electron chi connectivity index (χ0n) is 12.0. The number of fused-ring (bicyclic) bond motifs is 2. The first kappa shape index (κ1) is 15.7. The number of aromatic nitrogens is 1. The van der Waals surface area contributed by atoms with Crippen molar-refractivity contribution in [1.82, 2.24) is 4.98 Å². The number of rotatable bonds is 3. The average Bonchev–Trinajstić information content (AvgIpc) is 2.54. The number of ether oxygens (including phenoxy) is 1. The van der Waals surface area contributed by atoms with Crippen molar-refractivity contribution in [3.8, 4) is 5.75 Å². The van der Waals surface area contributed by atoms with Crippen LogP contribution in [-0.2, 0) is 0 Å². The van der Waals surface area contributed by atoms with Crippen LogP contribution in [0.1, 0.15) is 0 Å². The fraction of sp³-hybridized carbons (Fsp3) is 0.0714. The monoisotopic (exact) mass is 349 g/mol. The van der Waals surface area contributed by atoms with E-state index in [9.17, 15) is 25.0 Å². The Morgan fingerprint density at radius 2 is 1.79 bits per heavy atom. The van der Waals surface area contributed by atoms with Gasteiger partial charge in [0.05, 0.1) is 33.9 Å². The van der Waals surface area contributed by atoms with Gasteiger partial charge >= 0.3 is 0 Å². The Bertz CT molecular complexity index is 1090. The van der Waals surface area contributed by atoms with E-state index in [1.807, 2.05) is 0 Å². The van der Waals surface area contributed by atoms with Crippen LogP contribution in [0.2, 0.25) is 5.02 Å². The molecule has 10 heteroatoms. The topological polar surface area (TPSA) is 128 Å². The number of pyridine rings is 1. The smallest absolute Gasteiger partial charge is 0.300 e. The van der Waals surface area contributed by atoms with Crippen LogP contribution in [0.25, 0.3) is 21.8 Å². The lowest BCUT2D eigenvalue weighted by Gasteiger charge is -2.07. The number of aromatic amines is 1. The van der Waals surface area contributed by atoms with Crippen molar-refractivity contribution >= 4 is 44.8 Å². The Labute approximate surface area is 137 Å². The maximum Gasteiger partial charge on any atom is 0.300 e. The second-order valence-electron chi connectivity index (χ2n) is 4.86. The standard InChI is InChI=1S/C14H8ClN3O6/c1-24-6-2-3-8-7(4-6)14(19)11-12(15)9(17(20)21)5-10(18(22)23)13(11)16-8/h2-5H,1H3,(H,16,19). The van der Waals surface area contributed by atoms with Crippen LogP contribution in [0.5, 0.6) is 5.75 Å². The lowest BCUT2D eigenvalue weighted by molar-refractivity contribution is -0.393. The Morgan fingerprint density at radius 3 is 2.38 bits per heavy atom. The van der Waals surface area contributed by atoms with Gasteiger partial charge in [0.25, 0.3) is 11.4 Å². The highest BCUT2D eigenvalue weighted by atomic mass is 35.5. The molecule has 9 nitrogen and oxygen atoms in total. The van der Waals surface area contributed by atoms with Crippen LogP contribution in [0.15, 0.2) is 29.1 Å². The summed E-state index contributed by atoms with van der Waals surface area (Å²) in [5, 5.41) is 21.7. The molecule has 24 heavy (non-hydrogen) atoms. The van der Waals surface area contributed by atoms with E-state index in [0.29, 0.717) is 11.3 Å². The van der Waals surface area contributed by atoms with Gasteiger partial charge in [-0.3, -0.25) is 25.0 Å². The number of hydrogen-bond acceptors (Lipinski definition) is 6. The number of nitro benzene ring substituents is 2. The number of nitrogens with zero attached hydrogens (tertiary/aromatic N) is 2. The summed E-state index contributed by atoms with van der Waals surface area (Å²) in [4.78, 5) is 36.1. The van der Waals surface area contributed by atoms with E-state index in [-0.39, 0.29) is 16.3 Å². The molecule has 122 valence electrons. The minimum Gasteiger partial charge on any atom is -0.497 e. The minimum absolute atomic E-state index is 0.151. The summed E-state index contributed by atoms with van der Waals surface area (Å²) >= 11 is 5.98. The third kappa shape index (κ3) is 2.22. The molecule has 0 saturated carbocycles. The van der Waals surface area contributed by atoms with Crippen LogP contribution in [-0.4, -0.2) is 21.9 Å². The Morgan fingerprint density at radius 1 is 1.12 bits per heavy atom. The van der Waals surface area contributed by atoms with Crippen LogP contribution in [0.3, 0.4) is 0 Å². The lowest BCUT2D eigenvalue weighted by atomic mass is 10.1. The van der Waals surface area contributed by atoms with Crippen LogP contribution in [0, 0.1) is 20.2 Å². The van der Waals surface area contributed by atoms with Gasteiger partial charge in [0, 0.05) is 5.39 Å². The maximum atomic E-state index is 12.7. The summed E-state index contributed by atoms with van der Waals surface area (Å²) in [7, 11) is 1.42. The zero-order chi connectivity index (χ0) is 17.6. The molecule has 0 radical (unpaired) electrons. The third-order valence-electron chi connectivity index (χ3n) is 3.58. The molecule has 0 fully saturated rings. The molecular weight excluding hydrogens is 342 g/mol. The van der Waals surface area contributed by atoms with Gasteiger partial charge in [0.1, 0.15) is 16.3 Å². The summed E-state index contributed by atoms with van der Waals surface area (Å²) in [6.07, 6.45) is 0. The molecule has 0 aliphatic carbocycles. The SMILES string of the molecule is COc1ccc2[nH]c3c([N+](=O)[O-])cc([N+](=O)[O-])c(Cl)c3c(=O)c2c1. The van der Waals surface area contributed by atoms with Gasteiger partial charge in [-0.15, -0.1) is 0 Å². The number of halogens is 1. The van der Waals surface area contributed by atoms with Crippen molar-refractivity contribution in [3.05, 3.63) is 59.7 Å². The summed E-state index contributed by atoms with van der Waals surface area (Å²) in [5.41, 5.74) is -1.81. The molecule has 3 rings (SSSR count). The van der Waals surface area contributed by atoms with Gasteiger partial charge in [0.15, 0.2) is 5.43 Å². The highest BCUT2D eigenvalue weighted by Crippen LogP contribution is 2.37. The number of H-pyrrole nitrogens is 1. The normalized spacial score (nSPS) is 10.9. The molecule has 0 spiro atoms. The quantitative estimate of drug-likeness (QED) is 0.439. The van der Waals surface area contributed by atoms with E-state index in [4.69, 9.17) is 16.3 Å². The molecule has 1 heterocycles. The Hall–Kier alpha value is -3.20. The van der Waals surface area contributed by atoms with Crippen molar-refractivity contribution in [2.24, 2.45) is 0 Å². The molecule has 1 N–H and O–H groups in total. The summed E-state index contributed by atoms with van der Waals surface area (Å²) in [5.74, 6) is 0.392. The zero-order valence-corrected chi connectivity index (χ0v) is 12.8. The number of non-ortho nitro benzene ring substituents is 1. The van der Waals surface area contributed by atoms with Gasteiger partial charge in [0.2, 0.25) is 0 Å². The molecule has 3 aromatic rings. The van der Waals surface area contributed by atoms with E-state index in [2.05, 4.69) is 4.98 Å². The van der Waals surface area contributed by atoms with Gasteiger partial charge in [-0.25, -0.2) is 0 Å². The third-order valence-corrected chi connectivity index (χ3v) is 3.96. The van der Waals surface area contributed by atoms with E-state index in [1.54, 1.807) is 6.07 Å². The molecule has 0 aliphatic heterocycles. The number of nitro groups is 2. The highest BCUT2D eigenvalue weighted by molar-refractivity contribution is 6.38. The van der Waals surface area contributed by atoms with E-state index < -0.39 is 31.7 Å². The first-order valence-electron chi connectivity index (χ1n) is 6.50. The highest BCUT2D eigenvalue weighted by Gasteiger charge is 2.27. The van der Waals surface area contributed by atoms with E-state index >= 15 is 0 Å². The number of nitrogens with one attached hydrogen (secondary N) is 1. The second-order valence-corrected chi connectivity index (χ2v) is 5.24. The first-order valence-corrected chi connectivity index (χ1v) is 6.88. The lowest BCUT2D eigenvalue weighted by Crippen LogP contribution is -2.08. The molecular formula is C14H8ClN3O6. The van der Waals surface area contributed by atoms with Crippen molar-refractivity contribution in [1.29, 1.82) is 0 Å². The molecule has 0 amide bonds. The van der Waals surface area contributed by atoms with E-state index in [0.717, 1.165) is 6.07 Å². The average molecular weight is 350 g/mol. The summed E-state index contributed by atoms with van der Waals surface area (Å²) in [6, 6.07) is 5.25. The molecule has 0 bridgehead atoms. The predicted octanol–water partition coefficient (Wildman–Crippen LogP) is 3.16. The van der Waals surface area contributed by atoms with Crippen LogP contribution in [0.4, 0.5) is 11.4 Å². The number of hydrogen-bond donors (Lipinski definition) is 1. The van der Waals surface area contributed by atoms with Crippen molar-refractivity contribution in [2.45, 2.75) is 0 Å². The Kier molecular flexibility index (Phi) is 3.57. The van der Waals surface area contributed by atoms with Crippen LogP contribution < -0.4 is 10.2 Å². The molecule has 0 aliphatic rings.